The number of aryl methyl sites for hydroxylation is 2. The highest BCUT2D eigenvalue weighted by atomic mass is 32.2. The van der Waals surface area contributed by atoms with E-state index in [2.05, 4.69) is 26.1 Å². The second kappa shape index (κ2) is 7.37. The van der Waals surface area contributed by atoms with Crippen LogP contribution in [0.4, 0.5) is 11.4 Å². The van der Waals surface area contributed by atoms with E-state index in [1.165, 1.54) is 4.31 Å². The maximum atomic E-state index is 12.8. The lowest BCUT2D eigenvalue weighted by molar-refractivity contribution is -0.122. The zero-order valence-electron chi connectivity index (χ0n) is 17.7. The van der Waals surface area contributed by atoms with Crippen molar-refractivity contribution >= 4 is 27.3 Å². The van der Waals surface area contributed by atoms with E-state index in [4.69, 9.17) is 4.74 Å². The number of amides is 1. The smallest absolute Gasteiger partial charge is 0.267 e. The predicted octanol–water partition coefficient (Wildman–Crippen LogP) is 3.77. The second-order valence-electron chi connectivity index (χ2n) is 8.70. The zero-order chi connectivity index (χ0) is 21.6. The molecule has 1 heterocycles. The number of hydrogen-bond acceptors (Lipinski definition) is 4. The molecule has 0 fully saturated rings. The molecule has 1 atom stereocenters. The van der Waals surface area contributed by atoms with Crippen LogP contribution in [0.5, 0.6) is 5.75 Å². The van der Waals surface area contributed by atoms with Crippen molar-refractivity contribution in [1.29, 1.82) is 0 Å². The molecule has 0 spiro atoms. The van der Waals surface area contributed by atoms with E-state index >= 15 is 0 Å². The zero-order valence-corrected chi connectivity index (χ0v) is 18.6. The van der Waals surface area contributed by atoms with Gasteiger partial charge in [0, 0.05) is 5.69 Å². The third-order valence-electron chi connectivity index (χ3n) is 4.88. The van der Waals surface area contributed by atoms with Crippen molar-refractivity contribution < 1.29 is 17.9 Å². The minimum atomic E-state index is -3.58. The summed E-state index contributed by atoms with van der Waals surface area (Å²) >= 11 is 0. The Bertz CT molecular complexity index is 1030. The van der Waals surface area contributed by atoms with Gasteiger partial charge >= 0.3 is 0 Å². The van der Waals surface area contributed by atoms with E-state index in [0.29, 0.717) is 17.1 Å². The fraction of sp³-hybridized carbons (Fsp3) is 0.409. The van der Waals surface area contributed by atoms with Crippen LogP contribution in [0.15, 0.2) is 36.4 Å². The van der Waals surface area contributed by atoms with Gasteiger partial charge in [0.25, 0.3) is 5.91 Å². The number of ether oxygens (including phenoxy) is 1. The van der Waals surface area contributed by atoms with E-state index < -0.39 is 16.1 Å². The Morgan fingerprint density at radius 3 is 2.28 bits per heavy atom. The summed E-state index contributed by atoms with van der Waals surface area (Å²) in [5.74, 6) is 0.00412. The third kappa shape index (κ3) is 4.72. The van der Waals surface area contributed by atoms with Crippen molar-refractivity contribution in [3.8, 4) is 5.75 Å². The number of sulfonamides is 1. The molecule has 29 heavy (non-hydrogen) atoms. The van der Waals surface area contributed by atoms with Crippen molar-refractivity contribution in [1.82, 2.24) is 0 Å². The Hall–Kier alpha value is -2.54. The van der Waals surface area contributed by atoms with Gasteiger partial charge in [0.15, 0.2) is 6.10 Å². The van der Waals surface area contributed by atoms with Crippen molar-refractivity contribution in [3.05, 3.63) is 53.1 Å². The van der Waals surface area contributed by atoms with Crippen LogP contribution in [0, 0.1) is 13.8 Å². The summed E-state index contributed by atoms with van der Waals surface area (Å²) in [5, 5.41) is 2.85. The molecule has 0 bridgehead atoms. The van der Waals surface area contributed by atoms with Gasteiger partial charge < -0.3 is 10.1 Å². The number of benzene rings is 2. The first-order valence-corrected chi connectivity index (χ1v) is 11.4. The summed E-state index contributed by atoms with van der Waals surface area (Å²) in [6.45, 7) is 10.0. The van der Waals surface area contributed by atoms with Crippen LogP contribution in [0.1, 0.15) is 37.5 Å². The van der Waals surface area contributed by atoms with Gasteiger partial charge in [0.05, 0.1) is 18.5 Å². The quantitative estimate of drug-likeness (QED) is 0.826. The molecule has 0 radical (unpaired) electrons. The molecule has 1 aliphatic heterocycles. The highest BCUT2D eigenvalue weighted by molar-refractivity contribution is 7.92. The molecule has 1 unspecified atom stereocenters. The SMILES string of the molecule is Cc1cc(C)cc(NC(=O)C2CN(S(C)(=O)=O)c3cc(C(C)(C)C)ccc3O2)c1. The third-order valence-corrected chi connectivity index (χ3v) is 6.02. The van der Waals surface area contributed by atoms with Crippen LogP contribution in [0.3, 0.4) is 0 Å². The van der Waals surface area contributed by atoms with E-state index in [9.17, 15) is 13.2 Å². The summed E-state index contributed by atoms with van der Waals surface area (Å²) in [4.78, 5) is 12.8. The second-order valence-corrected chi connectivity index (χ2v) is 10.6. The molecule has 156 valence electrons. The lowest BCUT2D eigenvalue weighted by atomic mass is 9.86. The molecule has 0 aromatic heterocycles. The number of anilines is 2. The van der Waals surface area contributed by atoms with Crippen LogP contribution in [0.25, 0.3) is 0 Å². The molecule has 1 N–H and O–H groups in total. The van der Waals surface area contributed by atoms with Crippen molar-refractivity contribution in [2.75, 3.05) is 22.4 Å². The molecule has 3 rings (SSSR count). The Labute approximate surface area is 172 Å². The number of nitrogens with zero attached hydrogens (tertiary/aromatic N) is 1. The van der Waals surface area contributed by atoms with Gasteiger partial charge in [-0.05, 0) is 60.2 Å². The molecule has 2 aromatic carbocycles. The van der Waals surface area contributed by atoms with Crippen LogP contribution in [-0.2, 0) is 20.2 Å². The van der Waals surface area contributed by atoms with Gasteiger partial charge in [-0.3, -0.25) is 9.10 Å². The van der Waals surface area contributed by atoms with E-state index in [1.807, 2.05) is 44.2 Å². The van der Waals surface area contributed by atoms with Gasteiger partial charge in [-0.1, -0.05) is 32.9 Å². The van der Waals surface area contributed by atoms with Gasteiger partial charge in [-0.25, -0.2) is 8.42 Å². The van der Waals surface area contributed by atoms with E-state index in [1.54, 1.807) is 6.07 Å². The number of carbonyl (C=O) groups is 1. The average Bonchev–Trinajstić information content (AvgIpc) is 2.57. The molecule has 0 saturated carbocycles. The van der Waals surface area contributed by atoms with Crippen LogP contribution in [-0.4, -0.2) is 33.2 Å². The van der Waals surface area contributed by atoms with Gasteiger partial charge in [0.1, 0.15) is 5.75 Å². The van der Waals surface area contributed by atoms with Crippen LogP contribution in [0.2, 0.25) is 0 Å². The lowest BCUT2D eigenvalue weighted by Gasteiger charge is -2.35. The van der Waals surface area contributed by atoms with Gasteiger partial charge in [-0.2, -0.15) is 0 Å². The Morgan fingerprint density at radius 2 is 1.72 bits per heavy atom. The minimum Gasteiger partial charge on any atom is -0.476 e. The molecule has 0 saturated heterocycles. The lowest BCUT2D eigenvalue weighted by Crippen LogP contribution is -2.48. The number of hydrogen-bond donors (Lipinski definition) is 1. The monoisotopic (exact) mass is 416 g/mol. The van der Waals surface area contributed by atoms with Crippen LogP contribution >= 0.6 is 0 Å². The van der Waals surface area contributed by atoms with E-state index in [-0.39, 0.29) is 17.9 Å². The first-order chi connectivity index (χ1) is 13.3. The minimum absolute atomic E-state index is 0.0734. The summed E-state index contributed by atoms with van der Waals surface area (Å²) in [6, 6.07) is 11.2. The number of carbonyl (C=O) groups excluding carboxylic acids is 1. The normalized spacial score (nSPS) is 16.8. The number of fused-ring (bicyclic) bond motifs is 1. The molecule has 0 aliphatic carbocycles. The molecule has 6 nitrogen and oxygen atoms in total. The molecule has 1 amide bonds. The van der Waals surface area contributed by atoms with Gasteiger partial charge in [0.2, 0.25) is 10.0 Å². The molecular weight excluding hydrogens is 388 g/mol. The van der Waals surface area contributed by atoms with Crippen molar-refractivity contribution in [2.45, 2.75) is 46.1 Å². The van der Waals surface area contributed by atoms with E-state index in [0.717, 1.165) is 22.9 Å². The molecular formula is C22H28N2O4S. The highest BCUT2D eigenvalue weighted by Crippen LogP contribution is 2.38. The Morgan fingerprint density at radius 1 is 1.10 bits per heavy atom. The van der Waals surface area contributed by atoms with Crippen molar-refractivity contribution in [3.63, 3.8) is 0 Å². The highest BCUT2D eigenvalue weighted by Gasteiger charge is 2.36. The summed E-state index contributed by atoms with van der Waals surface area (Å²) in [5.41, 5.74) is 4.04. The Balaban J connectivity index is 1.93. The predicted molar refractivity (Wildman–Crippen MR) is 116 cm³/mol. The maximum Gasteiger partial charge on any atom is 0.267 e. The Kier molecular flexibility index (Phi) is 5.38. The summed E-state index contributed by atoms with van der Waals surface area (Å²) in [6.07, 6.45) is 0.198. The molecule has 1 aliphatic rings. The topological polar surface area (TPSA) is 75.7 Å². The number of rotatable bonds is 3. The van der Waals surface area contributed by atoms with Crippen LogP contribution < -0.4 is 14.4 Å². The fourth-order valence-corrected chi connectivity index (χ4v) is 4.34. The molecule has 7 heteroatoms. The molecule has 2 aromatic rings. The standard InChI is InChI=1S/C22H28N2O4S/c1-14-9-15(2)11-17(10-14)23-21(25)20-13-24(29(6,26)27)18-12-16(22(3,4)5)7-8-19(18)28-20/h7-12,20H,13H2,1-6H3,(H,23,25). The first kappa shape index (κ1) is 21.2. The first-order valence-electron chi connectivity index (χ1n) is 9.52. The van der Waals surface area contributed by atoms with Gasteiger partial charge in [-0.15, -0.1) is 0 Å². The fourth-order valence-electron chi connectivity index (χ4n) is 3.44. The number of nitrogens with one attached hydrogen (secondary N) is 1. The maximum absolute atomic E-state index is 12.8. The summed E-state index contributed by atoms with van der Waals surface area (Å²) in [7, 11) is -3.58. The largest absolute Gasteiger partial charge is 0.476 e. The van der Waals surface area contributed by atoms with Crippen molar-refractivity contribution in [2.24, 2.45) is 0 Å². The average molecular weight is 417 g/mol. The summed E-state index contributed by atoms with van der Waals surface area (Å²) < 4.78 is 32.1.